The van der Waals surface area contributed by atoms with E-state index in [4.69, 9.17) is 4.99 Å². The van der Waals surface area contributed by atoms with Gasteiger partial charge in [-0.05, 0) is 55.8 Å². The minimum atomic E-state index is -0.589. The van der Waals surface area contributed by atoms with Crippen molar-refractivity contribution in [2.45, 2.75) is 30.3 Å². The lowest BCUT2D eigenvalue weighted by Gasteiger charge is -2.47. The molecule has 0 bridgehead atoms. The van der Waals surface area contributed by atoms with Crippen molar-refractivity contribution in [1.82, 2.24) is 9.62 Å². The van der Waals surface area contributed by atoms with Gasteiger partial charge in [-0.2, -0.15) is 0 Å². The molecule has 3 N–H and O–H groups in total. The quantitative estimate of drug-likeness (QED) is 0.676. The van der Waals surface area contributed by atoms with Gasteiger partial charge in [0, 0.05) is 41.7 Å². The minimum absolute atomic E-state index is 0.00781. The summed E-state index contributed by atoms with van der Waals surface area (Å²) in [4.78, 5) is 8.65. The van der Waals surface area contributed by atoms with E-state index in [1.54, 1.807) is 11.9 Å². The molecule has 6 heteroatoms. The van der Waals surface area contributed by atoms with E-state index in [1.165, 1.54) is 16.0 Å². The number of fused-ring (bicyclic) bond motifs is 2. The zero-order valence-corrected chi connectivity index (χ0v) is 16.8. The Morgan fingerprint density at radius 2 is 2.14 bits per heavy atom. The molecule has 0 aliphatic carbocycles. The van der Waals surface area contributed by atoms with Gasteiger partial charge in [-0.25, -0.2) is 4.99 Å². The molecule has 0 saturated carbocycles. The first-order chi connectivity index (χ1) is 13.7. The van der Waals surface area contributed by atoms with Crippen molar-refractivity contribution in [2.24, 2.45) is 10.9 Å². The van der Waals surface area contributed by atoms with E-state index in [0.29, 0.717) is 0 Å². The highest BCUT2D eigenvalue weighted by Crippen LogP contribution is 2.47. The Morgan fingerprint density at radius 3 is 3.00 bits per heavy atom. The number of hydrogen-bond acceptors (Lipinski definition) is 5. The van der Waals surface area contributed by atoms with Gasteiger partial charge in [0.05, 0.1) is 0 Å². The second-order valence-corrected chi connectivity index (χ2v) is 8.75. The normalized spacial score (nSPS) is 27.3. The Kier molecular flexibility index (Phi) is 4.57. The Morgan fingerprint density at radius 1 is 1.25 bits per heavy atom. The fourth-order valence-electron chi connectivity index (χ4n) is 4.76. The van der Waals surface area contributed by atoms with Gasteiger partial charge in [0.15, 0.2) is 5.66 Å². The zero-order valence-electron chi connectivity index (χ0n) is 16.0. The molecule has 2 aromatic rings. The molecule has 28 heavy (non-hydrogen) atoms. The first-order valence-corrected chi connectivity index (χ1v) is 10.7. The highest BCUT2D eigenvalue weighted by Gasteiger charge is 2.50. The molecule has 5 rings (SSSR count). The topological polar surface area (TPSA) is 59.9 Å². The fraction of sp³-hybridized carbons (Fsp3) is 0.364. The molecule has 0 spiro atoms. The highest BCUT2D eigenvalue weighted by molar-refractivity contribution is 7.97. The molecule has 1 fully saturated rings. The van der Waals surface area contributed by atoms with Gasteiger partial charge >= 0.3 is 0 Å². The number of aliphatic hydroxyl groups is 1. The van der Waals surface area contributed by atoms with E-state index in [0.717, 1.165) is 43.7 Å². The number of nitrogens with zero attached hydrogens (tertiary/aromatic N) is 2. The molecule has 1 radical (unpaired) electrons. The Hall–Kier alpha value is -2.02. The van der Waals surface area contributed by atoms with Crippen molar-refractivity contribution in [3.05, 3.63) is 65.6 Å². The van der Waals surface area contributed by atoms with Crippen LogP contribution in [0.2, 0.25) is 0 Å². The van der Waals surface area contributed by atoms with Crippen LogP contribution in [0.4, 0.5) is 5.69 Å². The third kappa shape index (κ3) is 2.91. The summed E-state index contributed by atoms with van der Waals surface area (Å²) < 4.78 is 3.57. The van der Waals surface area contributed by atoms with Crippen LogP contribution < -0.4 is 10.0 Å². The second-order valence-electron chi connectivity index (χ2n) is 7.82. The van der Waals surface area contributed by atoms with Gasteiger partial charge in [-0.1, -0.05) is 35.9 Å². The summed E-state index contributed by atoms with van der Waals surface area (Å²) in [5, 5.41) is 13.7. The molecular formula is C22H25N4OS. The first kappa shape index (κ1) is 18.0. The fourth-order valence-corrected chi connectivity index (χ4v) is 5.63. The second kappa shape index (κ2) is 7.10. The molecule has 2 atom stereocenters. The summed E-state index contributed by atoms with van der Waals surface area (Å²) in [5.74, 6) is 0.194. The third-order valence-corrected chi connectivity index (χ3v) is 6.98. The van der Waals surface area contributed by atoms with Crippen molar-refractivity contribution in [3.63, 3.8) is 0 Å². The van der Waals surface area contributed by atoms with Crippen LogP contribution >= 0.6 is 11.9 Å². The van der Waals surface area contributed by atoms with Gasteiger partial charge < -0.3 is 10.4 Å². The average Bonchev–Trinajstić information content (AvgIpc) is 3.14. The minimum Gasteiger partial charge on any atom is -0.481 e. The van der Waals surface area contributed by atoms with Crippen LogP contribution in [-0.4, -0.2) is 35.7 Å². The molecule has 2 aromatic carbocycles. The summed E-state index contributed by atoms with van der Waals surface area (Å²) in [6.07, 6.45) is 4.29. The van der Waals surface area contributed by atoms with Crippen LogP contribution in [0.1, 0.15) is 23.1 Å². The molecule has 0 amide bonds. The van der Waals surface area contributed by atoms with Gasteiger partial charge in [0.1, 0.15) is 0 Å². The predicted octanol–water partition coefficient (Wildman–Crippen LogP) is 3.87. The number of aliphatic imine (C=N–C) groups is 1. The van der Waals surface area contributed by atoms with Crippen molar-refractivity contribution in [1.29, 1.82) is 0 Å². The van der Waals surface area contributed by atoms with E-state index >= 15 is 0 Å². The maximum absolute atomic E-state index is 10.6. The van der Waals surface area contributed by atoms with Gasteiger partial charge in [-0.3, -0.25) is 9.62 Å². The van der Waals surface area contributed by atoms with Crippen LogP contribution in [0.5, 0.6) is 0 Å². The molecule has 145 valence electrons. The van der Waals surface area contributed by atoms with E-state index in [2.05, 4.69) is 70.7 Å². The molecule has 0 aromatic heterocycles. The van der Waals surface area contributed by atoms with Crippen LogP contribution in [0.3, 0.4) is 0 Å². The number of nitrogens with one attached hydrogen (secondary N) is 2. The van der Waals surface area contributed by atoms with Gasteiger partial charge in [-0.15, -0.1) is 0 Å². The Balaban J connectivity index is 1.68. The summed E-state index contributed by atoms with van der Waals surface area (Å²) in [6, 6.07) is 15.0. The van der Waals surface area contributed by atoms with Crippen LogP contribution in [0.25, 0.3) is 0 Å². The van der Waals surface area contributed by atoms with Crippen LogP contribution in [0, 0.1) is 19.3 Å². The van der Waals surface area contributed by atoms with E-state index < -0.39 is 5.66 Å². The lowest BCUT2D eigenvalue weighted by molar-refractivity contribution is 0.0577. The SMILES string of the molecule is Cc1ccc2c(c1)C(C1CNSc3ccccc3C1)(N1C[CH]CC1)N=C(O)N2. The summed E-state index contributed by atoms with van der Waals surface area (Å²) in [6.45, 7) is 4.78. The lowest BCUT2D eigenvalue weighted by Crippen LogP contribution is -2.54. The maximum Gasteiger partial charge on any atom is 0.288 e. The molecular weight excluding hydrogens is 368 g/mol. The summed E-state index contributed by atoms with van der Waals surface area (Å²) >= 11 is 1.70. The van der Waals surface area contributed by atoms with Crippen molar-refractivity contribution < 1.29 is 5.11 Å². The van der Waals surface area contributed by atoms with E-state index in [9.17, 15) is 5.11 Å². The molecule has 1 saturated heterocycles. The summed E-state index contributed by atoms with van der Waals surface area (Å²) in [7, 11) is 0. The number of aryl methyl sites for hydroxylation is 1. The number of aliphatic hydroxyl groups excluding tert-OH is 1. The number of anilines is 1. The Labute approximate surface area is 170 Å². The van der Waals surface area contributed by atoms with Crippen molar-refractivity contribution >= 4 is 23.7 Å². The van der Waals surface area contributed by atoms with Crippen molar-refractivity contribution in [2.75, 3.05) is 25.0 Å². The largest absolute Gasteiger partial charge is 0.481 e. The Bertz CT molecular complexity index is 925. The maximum atomic E-state index is 10.6. The number of likely N-dealkylation sites (tertiary alicyclic amines) is 1. The predicted molar refractivity (Wildman–Crippen MR) is 115 cm³/mol. The van der Waals surface area contributed by atoms with E-state index in [-0.39, 0.29) is 11.9 Å². The number of rotatable bonds is 2. The third-order valence-electron chi connectivity index (χ3n) is 6.05. The van der Waals surface area contributed by atoms with Gasteiger partial charge in [0.2, 0.25) is 0 Å². The molecule has 5 nitrogen and oxygen atoms in total. The zero-order chi connectivity index (χ0) is 19.1. The highest BCUT2D eigenvalue weighted by atomic mass is 32.2. The van der Waals surface area contributed by atoms with Crippen LogP contribution in [0.15, 0.2) is 52.4 Å². The molecule has 3 aliphatic rings. The molecule has 3 aliphatic heterocycles. The molecule has 2 unspecified atom stereocenters. The van der Waals surface area contributed by atoms with Crippen LogP contribution in [-0.2, 0) is 12.1 Å². The lowest BCUT2D eigenvalue weighted by atomic mass is 9.79. The number of amidine groups is 1. The molecule has 3 heterocycles. The number of hydrogen-bond donors (Lipinski definition) is 3. The summed E-state index contributed by atoms with van der Waals surface area (Å²) in [5.41, 5.74) is 4.08. The number of benzene rings is 2. The van der Waals surface area contributed by atoms with E-state index in [1.807, 2.05) is 0 Å². The van der Waals surface area contributed by atoms with Crippen molar-refractivity contribution in [3.8, 4) is 0 Å². The standard InChI is InChI=1S/C22H25N4OS/c1-15-8-9-19-18(12-15)22(25-21(27)24-19,26-10-4-5-11-26)17-13-16-6-2-3-7-20(16)28-23-14-17/h2-4,6-9,12,17,23H,5,10-11,13-14H2,1H3,(H2,24,25,27). The monoisotopic (exact) mass is 393 g/mol. The average molecular weight is 394 g/mol. The van der Waals surface area contributed by atoms with Gasteiger partial charge in [0.25, 0.3) is 6.02 Å². The smallest absolute Gasteiger partial charge is 0.288 e. The first-order valence-electron chi connectivity index (χ1n) is 9.88.